The Bertz CT molecular complexity index is 2780. The monoisotopic (exact) mass is 999 g/mol. The fraction of sp³-hybridized carbons (Fsp3) is 0.500. The van der Waals surface area contributed by atoms with Gasteiger partial charge in [0.15, 0.2) is 0 Å². The number of halogens is 1. The molecule has 2 saturated heterocycles. The minimum absolute atomic E-state index is 0.00627. The van der Waals surface area contributed by atoms with E-state index in [0.717, 1.165) is 58.8 Å². The van der Waals surface area contributed by atoms with Crippen molar-refractivity contribution < 1.29 is 29.0 Å². The zero-order valence-corrected chi connectivity index (χ0v) is 43.8. The molecular formula is C56H66ClN7O6S. The molecule has 0 bridgehead atoms. The molecule has 0 spiro atoms. The molecule has 1 saturated carbocycles. The number of aliphatic hydroxyl groups is 1. The topological polar surface area (TPSA) is 168 Å². The summed E-state index contributed by atoms with van der Waals surface area (Å²) in [5, 5.41) is 26.4. The Balaban J connectivity index is 0.808. The number of hydrogen-bond donors (Lipinski definition) is 3. The lowest BCUT2D eigenvalue weighted by molar-refractivity contribution is -0.199. The molecule has 3 aliphatic heterocycles. The van der Waals surface area contributed by atoms with Crippen molar-refractivity contribution in [1.29, 1.82) is 5.26 Å². The van der Waals surface area contributed by atoms with Crippen LogP contribution in [0.4, 0.5) is 0 Å². The van der Waals surface area contributed by atoms with E-state index in [-0.39, 0.29) is 72.2 Å². The van der Waals surface area contributed by atoms with Crippen molar-refractivity contribution in [3.05, 3.63) is 105 Å². The third kappa shape index (κ3) is 10.7. The predicted molar refractivity (Wildman–Crippen MR) is 275 cm³/mol. The van der Waals surface area contributed by atoms with Gasteiger partial charge in [0, 0.05) is 60.0 Å². The van der Waals surface area contributed by atoms with Crippen LogP contribution in [0.1, 0.15) is 125 Å². The summed E-state index contributed by atoms with van der Waals surface area (Å²) in [6, 6.07) is 18.8. The van der Waals surface area contributed by atoms with Crippen molar-refractivity contribution in [1.82, 2.24) is 30.3 Å². The SMILES string of the molecule is Cc1ncsc1-c1ccc([C@H](C)NC(=O)[C@@H]2C[C@@H](O)CN2C(=O)C(NC(=O)CN2CCC(CC#Cc3ccc4c(c3)CN(C3C(C)(C)C(Oc5ccc(C#N)c(Cl)c5)C3(C)C)C4=O)CC2)C(C)(C)C)cc1. The number of β-amino-alcohol motifs (C(OH)–C–C–N with tert-alkyl or cyclic N) is 1. The van der Waals surface area contributed by atoms with E-state index in [1.54, 1.807) is 29.5 Å². The standard InChI is InChI=1S/C56H66ClN7O6S/c1-33(37-14-16-38(17-15-37)47-34(2)59-32-71-47)60-49(67)45-26-41(65)30-63(45)51(69)48(54(3,4)5)61-46(66)31-62-23-21-35(22-24-62)11-10-12-36-13-20-43-40(25-36)29-64(50(43)68)52-55(6,7)53(56(52,8)9)70-42-19-18-39(28-58)44(57)27-42/h13-20,25,27,32-33,35,41,45,48,52-53,65H,11,21-24,26,29-31H2,1-9H3,(H,60,67)(H,61,66)/t33-,41+,45-,48?,52?,53?/m0/s1. The number of aromatic nitrogens is 1. The Labute approximate surface area is 427 Å². The molecule has 0 radical (unpaired) electrons. The Morgan fingerprint density at radius 3 is 2.35 bits per heavy atom. The van der Waals surface area contributed by atoms with Crippen LogP contribution in [0.3, 0.4) is 0 Å². The zero-order valence-electron chi connectivity index (χ0n) is 42.3. The normalized spacial score (nSPS) is 22.6. The lowest BCUT2D eigenvalue weighted by Crippen LogP contribution is -2.74. The largest absolute Gasteiger partial charge is 0.489 e. The summed E-state index contributed by atoms with van der Waals surface area (Å²) in [5.41, 5.74) is 6.30. The van der Waals surface area contributed by atoms with Gasteiger partial charge < -0.3 is 30.3 Å². The van der Waals surface area contributed by atoms with Crippen molar-refractivity contribution in [3.63, 3.8) is 0 Å². The van der Waals surface area contributed by atoms with E-state index in [1.807, 2.05) is 87.5 Å². The van der Waals surface area contributed by atoms with Crippen molar-refractivity contribution in [2.45, 2.75) is 131 Å². The average Bonchev–Trinajstić information content (AvgIpc) is 4.02. The first kappa shape index (κ1) is 51.6. The maximum atomic E-state index is 14.3. The lowest BCUT2D eigenvalue weighted by atomic mass is 9.49. The second-order valence-corrected chi connectivity index (χ2v) is 23.5. The number of nitrogens with zero attached hydrogens (tertiary/aromatic N) is 5. The summed E-state index contributed by atoms with van der Waals surface area (Å²) >= 11 is 7.89. The summed E-state index contributed by atoms with van der Waals surface area (Å²) < 4.78 is 6.49. The van der Waals surface area contributed by atoms with Crippen molar-refractivity contribution >= 4 is 46.6 Å². The van der Waals surface area contributed by atoms with Crippen LogP contribution in [0, 0.1) is 52.3 Å². The molecule has 3 aromatic carbocycles. The first-order valence-corrected chi connectivity index (χ1v) is 25.9. The number of fused-ring (bicyclic) bond motifs is 1. The molecule has 1 aliphatic carbocycles. The average molecular weight is 1000 g/mol. The minimum atomic E-state index is -0.908. The highest BCUT2D eigenvalue weighted by Gasteiger charge is 2.67. The number of aryl methyl sites for hydroxylation is 1. The van der Waals surface area contributed by atoms with E-state index in [4.69, 9.17) is 16.3 Å². The Morgan fingerprint density at radius 1 is 1.01 bits per heavy atom. The maximum Gasteiger partial charge on any atom is 0.254 e. The van der Waals surface area contributed by atoms with E-state index >= 15 is 0 Å². The van der Waals surface area contributed by atoms with Crippen molar-refractivity contribution in [3.8, 4) is 34.1 Å². The Morgan fingerprint density at radius 2 is 1.72 bits per heavy atom. The molecule has 4 amide bonds. The van der Waals surface area contributed by atoms with Gasteiger partial charge in [-0.1, -0.05) is 96.2 Å². The number of thiazole rings is 1. The molecule has 8 rings (SSSR count). The maximum absolute atomic E-state index is 14.3. The summed E-state index contributed by atoms with van der Waals surface area (Å²) in [4.78, 5) is 66.5. The van der Waals surface area contributed by atoms with Crippen LogP contribution in [0.2, 0.25) is 5.02 Å². The van der Waals surface area contributed by atoms with Gasteiger partial charge in [0.25, 0.3) is 5.91 Å². The van der Waals surface area contributed by atoms with E-state index in [2.05, 4.69) is 66.1 Å². The molecule has 4 aromatic rings. The van der Waals surface area contributed by atoms with Crippen LogP contribution in [0.15, 0.2) is 66.2 Å². The molecule has 4 aliphatic rings. The third-order valence-corrected chi connectivity index (χ3v) is 16.4. The highest BCUT2D eigenvalue weighted by Crippen LogP contribution is 2.59. The summed E-state index contributed by atoms with van der Waals surface area (Å²) in [5.74, 6) is 6.73. The second kappa shape index (κ2) is 20.4. The predicted octanol–water partition coefficient (Wildman–Crippen LogP) is 8.31. The first-order valence-electron chi connectivity index (χ1n) is 24.7. The van der Waals surface area contributed by atoms with Gasteiger partial charge in [-0.05, 0) is 98.1 Å². The van der Waals surface area contributed by atoms with E-state index < -0.39 is 23.6 Å². The smallest absolute Gasteiger partial charge is 0.254 e. The molecule has 374 valence electrons. The molecule has 3 fully saturated rings. The molecule has 4 heterocycles. The molecule has 71 heavy (non-hydrogen) atoms. The summed E-state index contributed by atoms with van der Waals surface area (Å²) in [6.07, 6.45) is 1.53. The molecular weight excluding hydrogens is 934 g/mol. The van der Waals surface area contributed by atoms with E-state index in [9.17, 15) is 29.5 Å². The fourth-order valence-electron chi connectivity index (χ4n) is 11.7. The molecule has 15 heteroatoms. The van der Waals surface area contributed by atoms with Crippen LogP contribution in [-0.2, 0) is 20.9 Å². The van der Waals surface area contributed by atoms with Gasteiger partial charge in [-0.2, -0.15) is 5.26 Å². The van der Waals surface area contributed by atoms with E-state index in [0.29, 0.717) is 40.8 Å². The number of rotatable bonds is 12. The van der Waals surface area contributed by atoms with Gasteiger partial charge in [0.1, 0.15) is 30.0 Å². The quantitative estimate of drug-likeness (QED) is 0.118. The van der Waals surface area contributed by atoms with Crippen LogP contribution >= 0.6 is 22.9 Å². The number of carbonyl (C=O) groups is 4. The van der Waals surface area contributed by atoms with E-state index in [1.165, 1.54) is 4.90 Å². The van der Waals surface area contributed by atoms with Crippen molar-refractivity contribution in [2.24, 2.45) is 22.2 Å². The van der Waals surface area contributed by atoms with Crippen molar-refractivity contribution in [2.75, 3.05) is 26.2 Å². The Hall–Kier alpha value is -5.77. The number of likely N-dealkylation sites (tertiary alicyclic amines) is 2. The number of nitriles is 1. The van der Waals surface area contributed by atoms with Gasteiger partial charge in [0.2, 0.25) is 17.7 Å². The van der Waals surface area contributed by atoms with Crippen LogP contribution < -0.4 is 15.4 Å². The number of amides is 4. The highest BCUT2D eigenvalue weighted by molar-refractivity contribution is 7.13. The number of piperidine rings is 1. The lowest BCUT2D eigenvalue weighted by Gasteiger charge is -2.65. The number of ether oxygens (including phenoxy) is 1. The van der Waals surface area contributed by atoms with Gasteiger partial charge in [-0.3, -0.25) is 24.1 Å². The molecule has 3 N–H and O–H groups in total. The number of benzene rings is 3. The van der Waals surface area contributed by atoms with Gasteiger partial charge in [0.05, 0.1) is 45.4 Å². The van der Waals surface area contributed by atoms with Crippen LogP contribution in [-0.4, -0.2) is 105 Å². The third-order valence-electron chi connectivity index (χ3n) is 15.1. The fourth-order valence-corrected chi connectivity index (χ4v) is 12.7. The highest BCUT2D eigenvalue weighted by atomic mass is 35.5. The van der Waals surface area contributed by atoms with Gasteiger partial charge >= 0.3 is 0 Å². The first-order chi connectivity index (χ1) is 33.6. The number of hydrogen-bond acceptors (Lipinski definition) is 10. The van der Waals surface area contributed by atoms with Crippen LogP contribution in [0.5, 0.6) is 5.75 Å². The number of aliphatic hydroxyl groups excluding tert-OH is 1. The van der Waals surface area contributed by atoms with Gasteiger partial charge in [-0.25, -0.2) is 4.98 Å². The number of nitrogens with one attached hydrogen (secondary N) is 2. The second-order valence-electron chi connectivity index (χ2n) is 22.2. The van der Waals surface area contributed by atoms with Crippen LogP contribution in [0.25, 0.3) is 10.4 Å². The van der Waals surface area contributed by atoms with Gasteiger partial charge in [-0.15, -0.1) is 11.3 Å². The molecule has 4 atom stereocenters. The molecule has 13 nitrogen and oxygen atoms in total. The molecule has 1 unspecified atom stereocenters. The number of carbonyl (C=O) groups excluding carboxylic acids is 4. The molecule has 1 aromatic heterocycles. The Kier molecular flexibility index (Phi) is 14.8. The zero-order chi connectivity index (χ0) is 51.2. The summed E-state index contributed by atoms with van der Waals surface area (Å²) in [7, 11) is 0. The summed E-state index contributed by atoms with van der Waals surface area (Å²) in [6.45, 7) is 20.2. The minimum Gasteiger partial charge on any atom is -0.489 e.